The zero-order chi connectivity index (χ0) is 7.45. The van der Waals surface area contributed by atoms with Crippen LogP contribution in [0.3, 0.4) is 0 Å². The molecule has 0 spiro atoms. The lowest BCUT2D eigenvalue weighted by molar-refractivity contribution is 0.0679. The first kappa shape index (κ1) is 7.59. The number of nitrogens with one attached hydrogen (secondary N) is 1. The molecule has 1 aliphatic rings. The van der Waals surface area contributed by atoms with Crippen molar-refractivity contribution in [2.75, 3.05) is 13.1 Å². The molecule has 0 saturated carbocycles. The first-order valence-electron chi connectivity index (χ1n) is 3.64. The summed E-state index contributed by atoms with van der Waals surface area (Å²) in [5.41, 5.74) is -0.694. The first-order valence-corrected chi connectivity index (χ1v) is 3.64. The summed E-state index contributed by atoms with van der Waals surface area (Å²) < 4.78 is 0. The molecule has 2 N–H and O–H groups in total. The van der Waals surface area contributed by atoms with E-state index in [0.29, 0.717) is 0 Å². The topological polar surface area (TPSA) is 32.3 Å². The van der Waals surface area contributed by atoms with E-state index in [4.69, 9.17) is 0 Å². The third-order valence-corrected chi connectivity index (χ3v) is 1.79. The van der Waals surface area contributed by atoms with Crippen LogP contribution in [0.1, 0.15) is 19.8 Å². The molecule has 1 heterocycles. The molecule has 1 fully saturated rings. The summed E-state index contributed by atoms with van der Waals surface area (Å²) in [7, 11) is 0. The molecule has 0 radical (unpaired) electrons. The van der Waals surface area contributed by atoms with E-state index in [1.165, 1.54) is 0 Å². The second-order valence-corrected chi connectivity index (χ2v) is 2.66. The Labute approximate surface area is 61.6 Å². The van der Waals surface area contributed by atoms with Gasteiger partial charge in [0, 0.05) is 0 Å². The Morgan fingerprint density at radius 1 is 1.40 bits per heavy atom. The average Bonchev–Trinajstić information content (AvgIpc) is 1.89. The molecule has 56 valence electrons. The molecule has 0 aliphatic carbocycles. The molecule has 2 nitrogen and oxygen atoms in total. The largest absolute Gasteiger partial charge is 0.378 e. The van der Waals surface area contributed by atoms with Gasteiger partial charge in [0.1, 0.15) is 5.60 Å². The highest BCUT2D eigenvalue weighted by Gasteiger charge is 2.25. The highest BCUT2D eigenvalue weighted by molar-refractivity contribution is 5.13. The van der Waals surface area contributed by atoms with Gasteiger partial charge in [-0.05, 0) is 32.9 Å². The fourth-order valence-electron chi connectivity index (χ4n) is 1.20. The Morgan fingerprint density at radius 2 is 2.00 bits per heavy atom. The molecular weight excluding hydrogens is 126 g/mol. The lowest BCUT2D eigenvalue weighted by Gasteiger charge is -2.27. The standard InChI is InChI=1S/C8H13NO/c1-2-3-8(10)4-6-9-7-5-8/h9-10H,4-7H2,1H3. The van der Waals surface area contributed by atoms with Gasteiger partial charge in [-0.1, -0.05) is 5.92 Å². The summed E-state index contributed by atoms with van der Waals surface area (Å²) in [5.74, 6) is 5.58. The zero-order valence-corrected chi connectivity index (χ0v) is 6.28. The van der Waals surface area contributed by atoms with E-state index in [1.54, 1.807) is 6.92 Å². The van der Waals surface area contributed by atoms with Crippen LogP contribution in [0, 0.1) is 11.8 Å². The Hall–Kier alpha value is -0.520. The summed E-state index contributed by atoms with van der Waals surface area (Å²) in [5, 5.41) is 12.8. The summed E-state index contributed by atoms with van der Waals surface area (Å²) in [6.45, 7) is 3.52. The molecule has 0 bridgehead atoms. The van der Waals surface area contributed by atoms with Gasteiger partial charge in [-0.3, -0.25) is 0 Å². The molecule has 10 heavy (non-hydrogen) atoms. The third-order valence-electron chi connectivity index (χ3n) is 1.79. The van der Waals surface area contributed by atoms with Crippen molar-refractivity contribution in [3.63, 3.8) is 0 Å². The minimum Gasteiger partial charge on any atom is -0.378 e. The maximum absolute atomic E-state index is 9.66. The van der Waals surface area contributed by atoms with Gasteiger partial charge in [0.2, 0.25) is 0 Å². The SMILES string of the molecule is CC#CC1(O)CCNCC1. The van der Waals surface area contributed by atoms with Crippen LogP contribution in [0.15, 0.2) is 0 Å². The van der Waals surface area contributed by atoms with Gasteiger partial charge in [-0.2, -0.15) is 0 Å². The van der Waals surface area contributed by atoms with Crippen LogP contribution in [0.5, 0.6) is 0 Å². The molecular formula is C8H13NO. The maximum atomic E-state index is 9.66. The molecule has 0 atom stereocenters. The number of aliphatic hydroxyl groups is 1. The van der Waals surface area contributed by atoms with Gasteiger partial charge < -0.3 is 10.4 Å². The van der Waals surface area contributed by atoms with Crippen molar-refractivity contribution in [3.05, 3.63) is 0 Å². The summed E-state index contributed by atoms with van der Waals surface area (Å²) in [6, 6.07) is 0. The third kappa shape index (κ3) is 1.73. The van der Waals surface area contributed by atoms with Crippen LogP contribution < -0.4 is 5.32 Å². The Morgan fingerprint density at radius 3 is 2.50 bits per heavy atom. The van der Waals surface area contributed by atoms with Crippen molar-refractivity contribution in [3.8, 4) is 11.8 Å². The quantitative estimate of drug-likeness (QED) is 0.467. The maximum Gasteiger partial charge on any atom is 0.127 e. The highest BCUT2D eigenvalue weighted by Crippen LogP contribution is 2.15. The van der Waals surface area contributed by atoms with Crippen molar-refractivity contribution >= 4 is 0 Å². The predicted molar refractivity (Wildman–Crippen MR) is 40.5 cm³/mol. The van der Waals surface area contributed by atoms with Crippen molar-refractivity contribution in [1.82, 2.24) is 5.32 Å². The van der Waals surface area contributed by atoms with E-state index in [-0.39, 0.29) is 0 Å². The molecule has 0 amide bonds. The van der Waals surface area contributed by atoms with Crippen molar-refractivity contribution in [2.45, 2.75) is 25.4 Å². The number of hydrogen-bond donors (Lipinski definition) is 2. The van der Waals surface area contributed by atoms with E-state index in [9.17, 15) is 5.11 Å². The average molecular weight is 139 g/mol. The monoisotopic (exact) mass is 139 g/mol. The molecule has 0 aromatic carbocycles. The molecule has 0 aromatic rings. The molecule has 1 saturated heterocycles. The van der Waals surface area contributed by atoms with Crippen LogP contribution in [-0.4, -0.2) is 23.8 Å². The van der Waals surface area contributed by atoms with E-state index in [2.05, 4.69) is 17.2 Å². The van der Waals surface area contributed by atoms with E-state index < -0.39 is 5.60 Å². The number of rotatable bonds is 0. The van der Waals surface area contributed by atoms with E-state index in [1.807, 2.05) is 0 Å². The number of piperidine rings is 1. The fourth-order valence-corrected chi connectivity index (χ4v) is 1.20. The van der Waals surface area contributed by atoms with Gasteiger partial charge in [0.05, 0.1) is 0 Å². The summed E-state index contributed by atoms with van der Waals surface area (Å²) in [4.78, 5) is 0. The lowest BCUT2D eigenvalue weighted by atomic mass is 9.93. The molecule has 1 rings (SSSR count). The minimum absolute atomic E-state index is 0.694. The van der Waals surface area contributed by atoms with Crippen LogP contribution in [0.2, 0.25) is 0 Å². The van der Waals surface area contributed by atoms with Crippen LogP contribution >= 0.6 is 0 Å². The van der Waals surface area contributed by atoms with E-state index in [0.717, 1.165) is 25.9 Å². The van der Waals surface area contributed by atoms with Crippen LogP contribution in [-0.2, 0) is 0 Å². The second kappa shape index (κ2) is 3.05. The van der Waals surface area contributed by atoms with Gasteiger partial charge in [0.15, 0.2) is 0 Å². The minimum atomic E-state index is -0.694. The predicted octanol–water partition coefficient (Wildman–Crippen LogP) is 0.124. The molecule has 2 heteroatoms. The first-order chi connectivity index (χ1) is 4.77. The van der Waals surface area contributed by atoms with Crippen LogP contribution in [0.25, 0.3) is 0 Å². The smallest absolute Gasteiger partial charge is 0.127 e. The van der Waals surface area contributed by atoms with Crippen molar-refractivity contribution in [2.24, 2.45) is 0 Å². The second-order valence-electron chi connectivity index (χ2n) is 2.66. The highest BCUT2D eigenvalue weighted by atomic mass is 16.3. The van der Waals surface area contributed by atoms with E-state index >= 15 is 0 Å². The fraction of sp³-hybridized carbons (Fsp3) is 0.750. The van der Waals surface area contributed by atoms with Crippen molar-refractivity contribution < 1.29 is 5.11 Å². The van der Waals surface area contributed by atoms with Gasteiger partial charge >= 0.3 is 0 Å². The molecule has 0 unspecified atom stereocenters. The van der Waals surface area contributed by atoms with Gasteiger partial charge in [0.25, 0.3) is 0 Å². The normalized spacial score (nSPS) is 23.0. The van der Waals surface area contributed by atoms with Gasteiger partial charge in [-0.15, -0.1) is 5.92 Å². The Balaban J connectivity index is 2.53. The lowest BCUT2D eigenvalue weighted by Crippen LogP contribution is -2.40. The number of hydrogen-bond acceptors (Lipinski definition) is 2. The van der Waals surface area contributed by atoms with Crippen molar-refractivity contribution in [1.29, 1.82) is 0 Å². The summed E-state index contributed by atoms with van der Waals surface area (Å²) in [6.07, 6.45) is 1.52. The Bertz CT molecular complexity index is 160. The summed E-state index contributed by atoms with van der Waals surface area (Å²) >= 11 is 0. The molecule has 0 aromatic heterocycles. The zero-order valence-electron chi connectivity index (χ0n) is 6.28. The Kier molecular flexibility index (Phi) is 2.31. The van der Waals surface area contributed by atoms with Gasteiger partial charge in [-0.25, -0.2) is 0 Å². The van der Waals surface area contributed by atoms with Crippen LogP contribution in [0.4, 0.5) is 0 Å². The molecule has 1 aliphatic heterocycles.